The number of aliphatic hydroxyl groups excluding tert-OH is 1. The van der Waals surface area contributed by atoms with Gasteiger partial charge in [0.15, 0.2) is 0 Å². The maximum absolute atomic E-state index is 11.6. The van der Waals surface area contributed by atoms with Crippen molar-refractivity contribution >= 4 is 5.91 Å². The predicted molar refractivity (Wildman–Crippen MR) is 62.2 cm³/mol. The standard InChI is InChI=1S/C12H23NO3/c1-2-8-16-9-11(15)13-12(10-14)6-4-3-5-7-12/h14H,2-10H2,1H3,(H,13,15). The van der Waals surface area contributed by atoms with Gasteiger partial charge in [-0.1, -0.05) is 26.2 Å². The van der Waals surface area contributed by atoms with E-state index in [1.165, 1.54) is 6.42 Å². The Labute approximate surface area is 97.4 Å². The molecule has 1 fully saturated rings. The first-order valence-electron chi connectivity index (χ1n) is 6.22. The normalized spacial score (nSPS) is 19.4. The molecule has 0 spiro atoms. The number of carbonyl (C=O) groups excluding carboxylic acids is 1. The Kier molecular flexibility index (Phi) is 5.77. The monoisotopic (exact) mass is 229 g/mol. The van der Waals surface area contributed by atoms with E-state index in [0.717, 1.165) is 32.1 Å². The van der Waals surface area contributed by atoms with E-state index in [-0.39, 0.29) is 24.7 Å². The second kappa shape index (κ2) is 6.86. The molecule has 0 unspecified atom stereocenters. The van der Waals surface area contributed by atoms with Crippen molar-refractivity contribution in [3.8, 4) is 0 Å². The van der Waals surface area contributed by atoms with Gasteiger partial charge in [0.05, 0.1) is 12.1 Å². The largest absolute Gasteiger partial charge is 0.394 e. The minimum absolute atomic E-state index is 0.0342. The Hall–Kier alpha value is -0.610. The molecule has 16 heavy (non-hydrogen) atoms. The highest BCUT2D eigenvalue weighted by Crippen LogP contribution is 2.27. The third-order valence-electron chi connectivity index (χ3n) is 3.10. The summed E-state index contributed by atoms with van der Waals surface area (Å²) in [5.74, 6) is -0.107. The molecule has 0 bridgehead atoms. The van der Waals surface area contributed by atoms with E-state index in [0.29, 0.717) is 6.61 Å². The van der Waals surface area contributed by atoms with Crippen molar-refractivity contribution in [1.29, 1.82) is 0 Å². The van der Waals surface area contributed by atoms with Crippen LogP contribution in [0.25, 0.3) is 0 Å². The van der Waals surface area contributed by atoms with Crippen LogP contribution in [0.2, 0.25) is 0 Å². The van der Waals surface area contributed by atoms with E-state index in [9.17, 15) is 9.90 Å². The molecule has 1 amide bonds. The molecule has 0 aromatic rings. The van der Waals surface area contributed by atoms with Gasteiger partial charge in [0, 0.05) is 6.61 Å². The van der Waals surface area contributed by atoms with Crippen LogP contribution in [0.5, 0.6) is 0 Å². The summed E-state index contributed by atoms with van der Waals surface area (Å²) >= 11 is 0. The second-order valence-electron chi connectivity index (χ2n) is 4.60. The van der Waals surface area contributed by atoms with Gasteiger partial charge in [0.1, 0.15) is 6.61 Å². The lowest BCUT2D eigenvalue weighted by Crippen LogP contribution is -2.53. The summed E-state index contributed by atoms with van der Waals surface area (Å²) in [5, 5.41) is 12.3. The zero-order chi connectivity index (χ0) is 11.9. The number of hydrogen-bond acceptors (Lipinski definition) is 3. The first kappa shape index (κ1) is 13.5. The molecule has 1 aliphatic carbocycles. The van der Waals surface area contributed by atoms with Gasteiger partial charge >= 0.3 is 0 Å². The van der Waals surface area contributed by atoms with Crippen molar-refractivity contribution in [1.82, 2.24) is 5.32 Å². The van der Waals surface area contributed by atoms with Gasteiger partial charge in [-0.25, -0.2) is 0 Å². The smallest absolute Gasteiger partial charge is 0.246 e. The second-order valence-corrected chi connectivity index (χ2v) is 4.60. The maximum Gasteiger partial charge on any atom is 0.246 e. The minimum Gasteiger partial charge on any atom is -0.394 e. The first-order valence-corrected chi connectivity index (χ1v) is 6.22. The fraction of sp³-hybridized carbons (Fsp3) is 0.917. The van der Waals surface area contributed by atoms with E-state index in [1.54, 1.807) is 0 Å². The number of nitrogens with one attached hydrogen (secondary N) is 1. The van der Waals surface area contributed by atoms with Crippen molar-refractivity contribution in [2.24, 2.45) is 0 Å². The van der Waals surface area contributed by atoms with Crippen molar-refractivity contribution in [2.75, 3.05) is 19.8 Å². The van der Waals surface area contributed by atoms with Crippen LogP contribution < -0.4 is 5.32 Å². The molecular weight excluding hydrogens is 206 g/mol. The van der Waals surface area contributed by atoms with Gasteiger partial charge in [-0.2, -0.15) is 0 Å². The Morgan fingerprint density at radius 2 is 2.06 bits per heavy atom. The summed E-state index contributed by atoms with van der Waals surface area (Å²) in [7, 11) is 0. The molecule has 4 nitrogen and oxygen atoms in total. The van der Waals surface area contributed by atoms with Gasteiger partial charge < -0.3 is 15.2 Å². The number of rotatable bonds is 6. The van der Waals surface area contributed by atoms with Crippen LogP contribution in [0, 0.1) is 0 Å². The molecule has 1 saturated carbocycles. The molecule has 0 aromatic carbocycles. The molecular formula is C12H23NO3. The van der Waals surface area contributed by atoms with Crippen LogP contribution in [-0.2, 0) is 9.53 Å². The molecule has 2 N–H and O–H groups in total. The molecule has 4 heteroatoms. The average Bonchev–Trinajstić information content (AvgIpc) is 2.30. The van der Waals surface area contributed by atoms with E-state index >= 15 is 0 Å². The van der Waals surface area contributed by atoms with Gasteiger partial charge in [-0.05, 0) is 19.3 Å². The summed E-state index contributed by atoms with van der Waals surface area (Å²) in [4.78, 5) is 11.6. The summed E-state index contributed by atoms with van der Waals surface area (Å²) in [6, 6.07) is 0. The number of amides is 1. The molecule has 0 aliphatic heterocycles. The van der Waals surface area contributed by atoms with Gasteiger partial charge in [0.2, 0.25) is 5.91 Å². The van der Waals surface area contributed by atoms with Crippen LogP contribution >= 0.6 is 0 Å². The number of carbonyl (C=O) groups is 1. The molecule has 0 saturated heterocycles. The fourth-order valence-electron chi connectivity index (χ4n) is 2.19. The van der Waals surface area contributed by atoms with Crippen LogP contribution in [0.3, 0.4) is 0 Å². The van der Waals surface area contributed by atoms with E-state index in [4.69, 9.17) is 4.74 Å². The highest BCUT2D eigenvalue weighted by Gasteiger charge is 2.32. The molecule has 0 heterocycles. The zero-order valence-electron chi connectivity index (χ0n) is 10.1. The van der Waals surface area contributed by atoms with E-state index < -0.39 is 0 Å². The number of hydrogen-bond donors (Lipinski definition) is 2. The Balaban J connectivity index is 2.33. The van der Waals surface area contributed by atoms with Crippen molar-refractivity contribution in [2.45, 2.75) is 51.0 Å². The lowest BCUT2D eigenvalue weighted by atomic mass is 9.82. The van der Waals surface area contributed by atoms with Crippen molar-refractivity contribution in [3.63, 3.8) is 0 Å². The van der Waals surface area contributed by atoms with Crippen molar-refractivity contribution in [3.05, 3.63) is 0 Å². The number of aliphatic hydroxyl groups is 1. The minimum atomic E-state index is -0.384. The topological polar surface area (TPSA) is 58.6 Å². The molecule has 0 radical (unpaired) electrons. The van der Waals surface area contributed by atoms with Crippen LogP contribution in [0.15, 0.2) is 0 Å². The maximum atomic E-state index is 11.6. The van der Waals surface area contributed by atoms with E-state index in [1.807, 2.05) is 6.92 Å². The van der Waals surface area contributed by atoms with Crippen LogP contribution in [0.4, 0.5) is 0 Å². The Bertz CT molecular complexity index is 212. The fourth-order valence-corrected chi connectivity index (χ4v) is 2.19. The highest BCUT2D eigenvalue weighted by molar-refractivity contribution is 5.78. The first-order chi connectivity index (χ1) is 7.72. The van der Waals surface area contributed by atoms with Crippen molar-refractivity contribution < 1.29 is 14.6 Å². The lowest BCUT2D eigenvalue weighted by Gasteiger charge is -2.36. The highest BCUT2D eigenvalue weighted by atomic mass is 16.5. The van der Waals surface area contributed by atoms with Crippen LogP contribution in [0.1, 0.15) is 45.4 Å². The molecule has 1 aliphatic rings. The van der Waals surface area contributed by atoms with Crippen LogP contribution in [-0.4, -0.2) is 36.4 Å². The summed E-state index contributed by atoms with van der Waals surface area (Å²) in [5.41, 5.74) is -0.384. The summed E-state index contributed by atoms with van der Waals surface area (Å²) < 4.78 is 5.18. The molecule has 94 valence electrons. The zero-order valence-corrected chi connectivity index (χ0v) is 10.1. The summed E-state index contributed by atoms with van der Waals surface area (Å²) in [6.45, 7) is 2.76. The lowest BCUT2D eigenvalue weighted by molar-refractivity contribution is -0.128. The molecule has 0 atom stereocenters. The Morgan fingerprint density at radius 3 is 2.62 bits per heavy atom. The quantitative estimate of drug-likeness (QED) is 0.673. The van der Waals surface area contributed by atoms with Gasteiger partial charge in [-0.15, -0.1) is 0 Å². The SMILES string of the molecule is CCCOCC(=O)NC1(CO)CCCCC1. The Morgan fingerprint density at radius 1 is 1.38 bits per heavy atom. The third kappa shape index (κ3) is 4.10. The van der Waals surface area contributed by atoms with E-state index in [2.05, 4.69) is 5.32 Å². The van der Waals surface area contributed by atoms with Gasteiger partial charge in [-0.3, -0.25) is 4.79 Å². The third-order valence-corrected chi connectivity index (χ3v) is 3.10. The predicted octanol–water partition coefficient (Wildman–Crippen LogP) is 1.22. The average molecular weight is 229 g/mol. The molecule has 1 rings (SSSR count). The number of ether oxygens (including phenoxy) is 1. The summed E-state index contributed by atoms with van der Waals surface area (Å²) in [6.07, 6.45) is 6.03. The van der Waals surface area contributed by atoms with Gasteiger partial charge in [0.25, 0.3) is 0 Å². The molecule has 0 aromatic heterocycles.